The van der Waals surface area contributed by atoms with Crippen LogP contribution in [0.15, 0.2) is 77.4 Å². The molecule has 8 nitrogen and oxygen atoms in total. The summed E-state index contributed by atoms with van der Waals surface area (Å²) >= 11 is 0. The molecule has 214 valence electrons. The van der Waals surface area contributed by atoms with Crippen molar-refractivity contribution < 1.29 is 23.5 Å². The van der Waals surface area contributed by atoms with Crippen LogP contribution in [-0.4, -0.2) is 47.4 Å². The van der Waals surface area contributed by atoms with Crippen LogP contribution in [0.1, 0.15) is 62.7 Å². The number of amides is 2. The Kier molecular flexibility index (Phi) is 10.7. The molecule has 40 heavy (non-hydrogen) atoms. The van der Waals surface area contributed by atoms with Gasteiger partial charge >= 0.3 is 5.97 Å². The van der Waals surface area contributed by atoms with Gasteiger partial charge < -0.3 is 19.8 Å². The summed E-state index contributed by atoms with van der Waals surface area (Å²) in [5.74, 6) is 0.497. The van der Waals surface area contributed by atoms with Crippen molar-refractivity contribution in [3.05, 3.63) is 89.9 Å². The van der Waals surface area contributed by atoms with Gasteiger partial charge in [-0.3, -0.25) is 14.5 Å². The molecule has 0 saturated carbocycles. The number of hydrogen-bond donors (Lipinski definition) is 2. The van der Waals surface area contributed by atoms with Crippen molar-refractivity contribution in [2.24, 2.45) is 5.92 Å². The van der Waals surface area contributed by atoms with Crippen molar-refractivity contribution in [1.82, 2.24) is 15.5 Å². The lowest BCUT2D eigenvalue weighted by Gasteiger charge is -2.31. The highest BCUT2D eigenvalue weighted by Gasteiger charge is 2.30. The van der Waals surface area contributed by atoms with E-state index in [0.29, 0.717) is 24.3 Å². The van der Waals surface area contributed by atoms with Gasteiger partial charge in [-0.1, -0.05) is 44.2 Å². The zero-order valence-corrected chi connectivity index (χ0v) is 24.3. The molecule has 2 amide bonds. The minimum atomic E-state index is -0.795. The number of likely N-dealkylation sites (N-methyl/N-ethyl adjacent to an activating group) is 1. The van der Waals surface area contributed by atoms with Crippen LogP contribution < -0.4 is 15.4 Å². The van der Waals surface area contributed by atoms with Crippen molar-refractivity contribution in [1.29, 1.82) is 0 Å². The minimum absolute atomic E-state index is 0.217. The van der Waals surface area contributed by atoms with Crippen molar-refractivity contribution >= 4 is 17.8 Å². The van der Waals surface area contributed by atoms with Gasteiger partial charge in [-0.25, -0.2) is 4.79 Å². The lowest BCUT2D eigenvalue weighted by Crippen LogP contribution is -2.56. The lowest BCUT2D eigenvalue weighted by atomic mass is 9.99. The lowest BCUT2D eigenvalue weighted by molar-refractivity contribution is -0.133. The predicted octanol–water partition coefficient (Wildman–Crippen LogP) is 4.99. The van der Waals surface area contributed by atoms with Gasteiger partial charge in [0.15, 0.2) is 0 Å². The first-order valence-corrected chi connectivity index (χ1v) is 13.6. The third kappa shape index (κ3) is 9.68. The third-order valence-corrected chi connectivity index (χ3v) is 6.23. The first kappa shape index (κ1) is 30.6. The smallest absolute Gasteiger partial charge is 0.343 e. The number of carbonyl (C=O) groups excluding carboxylic acids is 3. The topological polar surface area (TPSA) is 101 Å². The number of furan rings is 1. The van der Waals surface area contributed by atoms with Crippen molar-refractivity contribution in [2.75, 3.05) is 7.05 Å². The molecule has 0 aliphatic heterocycles. The average Bonchev–Trinajstić information content (AvgIpc) is 3.40. The third-order valence-electron chi connectivity index (χ3n) is 6.23. The van der Waals surface area contributed by atoms with E-state index in [1.807, 2.05) is 50.9 Å². The van der Waals surface area contributed by atoms with Crippen LogP contribution in [-0.2, 0) is 22.6 Å². The summed E-state index contributed by atoms with van der Waals surface area (Å²) in [5.41, 5.74) is 0.808. The van der Waals surface area contributed by atoms with E-state index in [4.69, 9.17) is 9.15 Å². The molecule has 8 heteroatoms. The number of hydrogen-bond acceptors (Lipinski definition) is 6. The molecule has 0 fully saturated rings. The molecule has 0 aliphatic carbocycles. The number of carbonyl (C=O) groups is 3. The fraction of sp³-hybridized carbons (Fsp3) is 0.406. The van der Waals surface area contributed by atoms with Crippen LogP contribution in [0.2, 0.25) is 0 Å². The van der Waals surface area contributed by atoms with Crippen molar-refractivity contribution in [3.8, 4) is 5.75 Å². The molecular weight excluding hydrogens is 506 g/mol. The fourth-order valence-electron chi connectivity index (χ4n) is 4.30. The van der Waals surface area contributed by atoms with E-state index >= 15 is 0 Å². The average molecular weight is 548 g/mol. The standard InChI is InChI=1S/C32H41N3O5/c1-22(2)19-28(35(6)21-26-13-10-18-39-26)30(37)33-27(29(36)34-32(3,4)5)20-23-14-16-25(17-15-23)40-31(38)24-11-8-7-9-12-24/h7-18,22,27-28H,19-21H2,1-6H3,(H,33,37)(H,34,36)/t27-,28-/m0/s1. The number of nitrogens with zero attached hydrogens (tertiary/aromatic N) is 1. The minimum Gasteiger partial charge on any atom is -0.468 e. The zero-order chi connectivity index (χ0) is 29.3. The van der Waals surface area contributed by atoms with Gasteiger partial charge in [-0.2, -0.15) is 0 Å². The number of benzene rings is 2. The number of esters is 1. The summed E-state index contributed by atoms with van der Waals surface area (Å²) in [6.07, 6.45) is 2.51. The largest absolute Gasteiger partial charge is 0.468 e. The van der Waals surface area contributed by atoms with Gasteiger partial charge in [0.2, 0.25) is 11.8 Å². The number of rotatable bonds is 12. The summed E-state index contributed by atoms with van der Waals surface area (Å²) in [6.45, 7) is 10.3. The van der Waals surface area contributed by atoms with Gasteiger partial charge in [0, 0.05) is 12.0 Å². The first-order chi connectivity index (χ1) is 18.9. The van der Waals surface area contributed by atoms with Crippen LogP contribution in [0, 0.1) is 5.92 Å². The number of nitrogens with one attached hydrogen (secondary N) is 2. The summed E-state index contributed by atoms with van der Waals surface area (Å²) < 4.78 is 11.0. The maximum atomic E-state index is 13.6. The zero-order valence-electron chi connectivity index (χ0n) is 24.3. The van der Waals surface area contributed by atoms with Crippen molar-refractivity contribution in [2.45, 2.75) is 71.6 Å². The Bertz CT molecular complexity index is 1230. The van der Waals surface area contributed by atoms with Crippen LogP contribution in [0.25, 0.3) is 0 Å². The van der Waals surface area contributed by atoms with E-state index in [2.05, 4.69) is 24.5 Å². The molecule has 0 spiro atoms. The Hall–Kier alpha value is -3.91. The van der Waals surface area contributed by atoms with E-state index in [9.17, 15) is 14.4 Å². The molecule has 1 aromatic heterocycles. The Morgan fingerprint density at radius 2 is 1.60 bits per heavy atom. The SMILES string of the molecule is CC(C)C[C@@H](C(=O)N[C@@H](Cc1ccc(OC(=O)c2ccccc2)cc1)C(=O)NC(C)(C)C)N(C)Cc1ccco1. The van der Waals surface area contributed by atoms with E-state index in [1.165, 1.54) is 0 Å². The van der Waals surface area contributed by atoms with Crippen LogP contribution in [0.5, 0.6) is 5.75 Å². The molecule has 0 radical (unpaired) electrons. The van der Waals surface area contributed by atoms with Gasteiger partial charge in [0.25, 0.3) is 0 Å². The predicted molar refractivity (Wildman–Crippen MR) is 155 cm³/mol. The second kappa shape index (κ2) is 13.9. The van der Waals surface area contributed by atoms with E-state index in [0.717, 1.165) is 11.3 Å². The molecule has 3 aromatic rings. The second-order valence-electron chi connectivity index (χ2n) is 11.5. The molecule has 1 heterocycles. The molecule has 2 atom stereocenters. The van der Waals surface area contributed by atoms with E-state index < -0.39 is 23.6 Å². The molecule has 2 aromatic carbocycles. The number of ether oxygens (including phenoxy) is 1. The highest BCUT2D eigenvalue weighted by molar-refractivity contribution is 5.91. The van der Waals surface area contributed by atoms with Gasteiger partial charge in [0.1, 0.15) is 17.6 Å². The highest BCUT2D eigenvalue weighted by Crippen LogP contribution is 2.18. The molecule has 0 unspecified atom stereocenters. The summed E-state index contributed by atoms with van der Waals surface area (Å²) in [5, 5.41) is 6.01. The van der Waals surface area contributed by atoms with Gasteiger partial charge in [-0.05, 0) is 82.1 Å². The van der Waals surface area contributed by atoms with Crippen LogP contribution >= 0.6 is 0 Å². The molecular formula is C32H41N3O5. The summed E-state index contributed by atoms with van der Waals surface area (Å²) in [6, 6.07) is 18.2. The van der Waals surface area contributed by atoms with Crippen LogP contribution in [0.4, 0.5) is 0 Å². The Morgan fingerprint density at radius 1 is 0.925 bits per heavy atom. The fourth-order valence-corrected chi connectivity index (χ4v) is 4.30. The second-order valence-corrected chi connectivity index (χ2v) is 11.5. The Balaban J connectivity index is 1.74. The monoisotopic (exact) mass is 547 g/mol. The first-order valence-electron chi connectivity index (χ1n) is 13.6. The Morgan fingerprint density at radius 3 is 2.17 bits per heavy atom. The van der Waals surface area contributed by atoms with Crippen LogP contribution in [0.3, 0.4) is 0 Å². The molecule has 0 saturated heterocycles. The molecule has 0 bridgehead atoms. The summed E-state index contributed by atoms with van der Waals surface area (Å²) in [4.78, 5) is 41.3. The van der Waals surface area contributed by atoms with Gasteiger partial charge in [0.05, 0.1) is 24.4 Å². The van der Waals surface area contributed by atoms with E-state index in [1.54, 1.807) is 54.8 Å². The maximum Gasteiger partial charge on any atom is 0.343 e. The van der Waals surface area contributed by atoms with Crippen molar-refractivity contribution in [3.63, 3.8) is 0 Å². The Labute approximate surface area is 237 Å². The quantitative estimate of drug-likeness (QED) is 0.245. The van der Waals surface area contributed by atoms with Gasteiger partial charge in [-0.15, -0.1) is 0 Å². The van der Waals surface area contributed by atoms with E-state index in [-0.39, 0.29) is 24.2 Å². The highest BCUT2D eigenvalue weighted by atomic mass is 16.5. The maximum absolute atomic E-state index is 13.6. The molecule has 0 aliphatic rings. The normalized spacial score (nSPS) is 13.1. The summed E-state index contributed by atoms with van der Waals surface area (Å²) in [7, 11) is 1.88. The molecule has 3 rings (SSSR count). The molecule has 2 N–H and O–H groups in total.